The smallest absolute Gasteiger partial charge is 0.356 e. The number of nitrogens with two attached hydrogens (primary N) is 1. The highest BCUT2D eigenvalue weighted by atomic mass is 32.2. The van der Waals surface area contributed by atoms with Crippen LogP contribution in [0.4, 0.5) is 5.69 Å². The Hall–Kier alpha value is -5.97. The zero-order valence-corrected chi connectivity index (χ0v) is 25.2. The van der Waals surface area contributed by atoms with E-state index in [2.05, 4.69) is 10.6 Å². The van der Waals surface area contributed by atoms with Crippen molar-refractivity contribution in [2.75, 3.05) is 10.8 Å². The predicted octanol–water partition coefficient (Wildman–Crippen LogP) is -0.662. The molecule has 0 saturated carbocycles. The average Bonchev–Trinajstić information content (AvgIpc) is 3.31. The summed E-state index contributed by atoms with van der Waals surface area (Å²) in [5.74, 6) is -6.39. The summed E-state index contributed by atoms with van der Waals surface area (Å²) in [6.07, 6.45) is -2.34. The molecule has 7 N–H and O–H groups in total. The fourth-order valence-electron chi connectivity index (χ4n) is 4.53. The number of rotatable bonds is 14. The van der Waals surface area contributed by atoms with Crippen molar-refractivity contribution in [2.45, 2.75) is 31.0 Å². The largest absolute Gasteiger partial charge is 0.478 e. The molecule has 1 aliphatic rings. The van der Waals surface area contributed by atoms with Crippen molar-refractivity contribution in [3.8, 4) is 5.75 Å². The van der Waals surface area contributed by atoms with E-state index in [1.54, 1.807) is 18.2 Å². The summed E-state index contributed by atoms with van der Waals surface area (Å²) < 4.78 is 32.0. The molecule has 16 nitrogen and oxygen atoms in total. The molecule has 3 aromatic rings. The highest BCUT2D eigenvalue weighted by Crippen LogP contribution is 2.21. The Kier molecular flexibility index (Phi) is 10.4. The lowest BCUT2D eigenvalue weighted by molar-refractivity contribution is -0.159. The van der Waals surface area contributed by atoms with E-state index < -0.39 is 70.5 Å². The molecular weight excluding hydrogens is 638 g/mol. The van der Waals surface area contributed by atoms with Gasteiger partial charge in [-0.25, -0.2) is 18.6 Å². The maximum atomic E-state index is 13.5. The Labute approximate surface area is 267 Å². The molecule has 47 heavy (non-hydrogen) atoms. The predicted molar refractivity (Wildman–Crippen MR) is 163 cm³/mol. The first-order valence-electron chi connectivity index (χ1n) is 13.8. The summed E-state index contributed by atoms with van der Waals surface area (Å²) in [5.41, 5.74) is 7.00. The van der Waals surface area contributed by atoms with Gasteiger partial charge in [-0.15, -0.1) is 0 Å². The van der Waals surface area contributed by atoms with Gasteiger partial charge in [-0.05, 0) is 47.5 Å². The maximum Gasteiger partial charge on any atom is 0.356 e. The number of carbonyl (C=O) groups is 6. The molecule has 2 atom stereocenters. The van der Waals surface area contributed by atoms with Crippen LogP contribution in [0.25, 0.3) is 0 Å². The fourth-order valence-corrected chi connectivity index (χ4v) is 5.68. The van der Waals surface area contributed by atoms with Crippen LogP contribution in [0.1, 0.15) is 21.5 Å². The van der Waals surface area contributed by atoms with Gasteiger partial charge in [0.1, 0.15) is 24.4 Å². The van der Waals surface area contributed by atoms with Crippen LogP contribution in [0.3, 0.4) is 0 Å². The van der Waals surface area contributed by atoms with E-state index in [0.717, 1.165) is 4.31 Å². The number of anilines is 1. The van der Waals surface area contributed by atoms with Crippen molar-refractivity contribution in [1.29, 1.82) is 0 Å². The molecule has 1 aliphatic heterocycles. The first kappa shape index (κ1) is 33.9. The molecule has 4 amide bonds. The van der Waals surface area contributed by atoms with Crippen molar-refractivity contribution in [3.05, 3.63) is 95.6 Å². The number of carboxylic acid groups (broad SMARTS) is 2. The van der Waals surface area contributed by atoms with Gasteiger partial charge in [0.05, 0.1) is 5.69 Å². The van der Waals surface area contributed by atoms with Gasteiger partial charge in [0.25, 0.3) is 17.9 Å². The van der Waals surface area contributed by atoms with Crippen molar-refractivity contribution in [2.24, 2.45) is 5.73 Å². The summed E-state index contributed by atoms with van der Waals surface area (Å²) in [7, 11) is -4.02. The van der Waals surface area contributed by atoms with E-state index in [1.807, 2.05) is 4.72 Å². The molecule has 246 valence electrons. The van der Waals surface area contributed by atoms with E-state index in [0.29, 0.717) is 11.1 Å². The number of nitrogens with one attached hydrogen (secondary N) is 3. The third kappa shape index (κ3) is 8.82. The minimum Gasteiger partial charge on any atom is -0.478 e. The van der Waals surface area contributed by atoms with Crippen LogP contribution in [0, 0.1) is 0 Å². The van der Waals surface area contributed by atoms with Gasteiger partial charge in [0, 0.05) is 18.4 Å². The highest BCUT2D eigenvalue weighted by molar-refractivity contribution is 7.92. The lowest BCUT2D eigenvalue weighted by atomic mass is 10.0. The number of carboxylic acids is 2. The van der Waals surface area contributed by atoms with Crippen molar-refractivity contribution < 1.29 is 52.1 Å². The molecule has 17 heteroatoms. The van der Waals surface area contributed by atoms with E-state index >= 15 is 0 Å². The number of nitrogens with zero attached hydrogens (tertiary/aromatic N) is 1. The molecule has 3 aromatic carbocycles. The Bertz CT molecular complexity index is 1770. The molecule has 0 aromatic heterocycles. The zero-order valence-electron chi connectivity index (χ0n) is 24.4. The standard InChI is InChI=1S/C30H29N5O11S/c31-26(37)22(14-17-6-10-20(11-7-17)35-16-24(36)34-47(35,44)45)32-28(39)23(33-27(38)19-4-2-1-3-5-19)15-18-8-12-21(13-9-18)46-25(29(40)41)30(42)43/h1-13,22-23,25H,14-16H2,(H2,31,37)(H,32,39)(H,33,38)(H,34,36)(H,40,41)(H,42,43). The molecule has 0 radical (unpaired) electrons. The molecule has 1 fully saturated rings. The maximum absolute atomic E-state index is 13.5. The zero-order chi connectivity index (χ0) is 34.3. The van der Waals surface area contributed by atoms with Crippen LogP contribution in [-0.4, -0.2) is 78.9 Å². The summed E-state index contributed by atoms with van der Waals surface area (Å²) in [6, 6.07) is 16.9. The number of aliphatic carboxylic acids is 2. The van der Waals surface area contributed by atoms with Gasteiger partial charge in [-0.1, -0.05) is 42.5 Å². The molecular formula is C30H29N5O11S. The summed E-state index contributed by atoms with van der Waals surface area (Å²) in [4.78, 5) is 72.7. The lowest BCUT2D eigenvalue weighted by Gasteiger charge is -2.23. The van der Waals surface area contributed by atoms with Crippen LogP contribution in [0.15, 0.2) is 78.9 Å². The number of amides is 4. The number of hydrogen-bond donors (Lipinski definition) is 6. The first-order valence-corrected chi connectivity index (χ1v) is 15.3. The molecule has 4 rings (SSSR count). The molecule has 0 aliphatic carbocycles. The number of benzene rings is 3. The van der Waals surface area contributed by atoms with Gasteiger partial charge in [0.2, 0.25) is 11.8 Å². The second-order valence-electron chi connectivity index (χ2n) is 10.3. The second-order valence-corrected chi connectivity index (χ2v) is 11.9. The van der Waals surface area contributed by atoms with Gasteiger partial charge < -0.3 is 31.3 Å². The van der Waals surface area contributed by atoms with Gasteiger partial charge in [0.15, 0.2) is 0 Å². The Morgan fingerprint density at radius 2 is 1.38 bits per heavy atom. The summed E-state index contributed by atoms with van der Waals surface area (Å²) in [5, 5.41) is 23.3. The van der Waals surface area contributed by atoms with E-state index in [1.165, 1.54) is 60.7 Å². The summed E-state index contributed by atoms with van der Waals surface area (Å²) in [6.45, 7) is -0.390. The highest BCUT2D eigenvalue weighted by Gasteiger charge is 2.34. The van der Waals surface area contributed by atoms with Crippen molar-refractivity contribution in [3.63, 3.8) is 0 Å². The quantitative estimate of drug-likeness (QED) is 0.118. The van der Waals surface area contributed by atoms with Crippen LogP contribution in [0.5, 0.6) is 5.75 Å². The average molecular weight is 668 g/mol. The number of hydrogen-bond acceptors (Lipinski definition) is 9. The van der Waals surface area contributed by atoms with Gasteiger partial charge in [-0.2, -0.15) is 8.42 Å². The first-order chi connectivity index (χ1) is 22.2. The Morgan fingerprint density at radius 3 is 1.89 bits per heavy atom. The van der Waals surface area contributed by atoms with E-state index in [-0.39, 0.29) is 29.8 Å². The fraction of sp³-hybridized carbons (Fsp3) is 0.200. The van der Waals surface area contributed by atoms with E-state index in [4.69, 9.17) is 20.7 Å². The van der Waals surface area contributed by atoms with Crippen LogP contribution < -0.4 is 30.1 Å². The minimum atomic E-state index is -4.02. The van der Waals surface area contributed by atoms with Gasteiger partial charge >= 0.3 is 22.1 Å². The lowest BCUT2D eigenvalue weighted by Crippen LogP contribution is -2.54. The minimum absolute atomic E-state index is 0.0668. The van der Waals surface area contributed by atoms with Crippen LogP contribution in [-0.2, 0) is 47.0 Å². The molecule has 1 heterocycles. The third-order valence-corrected chi connectivity index (χ3v) is 8.27. The second kappa shape index (κ2) is 14.4. The molecule has 0 spiro atoms. The topological polar surface area (TPSA) is 252 Å². The van der Waals surface area contributed by atoms with E-state index in [9.17, 15) is 37.2 Å². The van der Waals surface area contributed by atoms with Crippen molar-refractivity contribution in [1.82, 2.24) is 15.4 Å². The normalized spacial score (nSPS) is 14.8. The summed E-state index contributed by atoms with van der Waals surface area (Å²) >= 11 is 0. The Balaban J connectivity index is 1.50. The van der Waals surface area contributed by atoms with Crippen LogP contribution >= 0.6 is 0 Å². The Morgan fingerprint density at radius 1 is 0.830 bits per heavy atom. The monoisotopic (exact) mass is 667 g/mol. The number of ether oxygens (including phenoxy) is 1. The third-order valence-electron chi connectivity index (χ3n) is 6.87. The number of carbonyl (C=O) groups excluding carboxylic acids is 4. The van der Waals surface area contributed by atoms with Gasteiger partial charge in [-0.3, -0.25) is 19.2 Å². The number of primary amides is 1. The molecule has 0 bridgehead atoms. The molecule has 1 saturated heterocycles. The SMILES string of the molecule is NC(=O)C(Cc1ccc(N2CC(=O)NS2(=O)=O)cc1)NC(=O)C(Cc1ccc(OC(C(=O)O)C(=O)O)cc1)NC(=O)c1ccccc1. The van der Waals surface area contributed by atoms with Crippen LogP contribution in [0.2, 0.25) is 0 Å². The van der Waals surface area contributed by atoms with Crippen molar-refractivity contribution >= 4 is 51.5 Å². The molecule has 2 unspecified atom stereocenters.